The number of para-hydroxylation sites is 1. The first-order chi connectivity index (χ1) is 11.6. The van der Waals surface area contributed by atoms with E-state index in [9.17, 15) is 4.79 Å². The Hall–Kier alpha value is -2.74. The molecule has 3 rings (SSSR count). The number of rotatable bonds is 5. The van der Waals surface area contributed by atoms with Gasteiger partial charge in [0.05, 0.1) is 18.7 Å². The van der Waals surface area contributed by atoms with Gasteiger partial charge in [-0.15, -0.1) is 21.5 Å². The van der Waals surface area contributed by atoms with Gasteiger partial charge in [-0.25, -0.2) is 4.98 Å². The zero-order chi connectivity index (χ0) is 17.1. The van der Waals surface area contributed by atoms with E-state index in [0.717, 1.165) is 16.3 Å². The van der Waals surface area contributed by atoms with Crippen molar-refractivity contribution in [2.45, 2.75) is 13.0 Å². The number of nitrogens with zero attached hydrogens (tertiary/aromatic N) is 4. The van der Waals surface area contributed by atoms with Gasteiger partial charge in [-0.1, -0.05) is 12.1 Å². The molecule has 1 atom stereocenters. The van der Waals surface area contributed by atoms with Crippen molar-refractivity contribution < 1.29 is 9.53 Å². The molecule has 0 aliphatic rings. The van der Waals surface area contributed by atoms with Crippen LogP contribution in [0, 0.1) is 0 Å². The van der Waals surface area contributed by atoms with Gasteiger partial charge in [0.25, 0.3) is 5.91 Å². The van der Waals surface area contributed by atoms with Crippen LogP contribution in [-0.4, -0.2) is 32.8 Å². The SMILES string of the molecule is COc1ccccc1-c1nc(C(=O)N[C@@H](C)c2nncn2C)cs1. The van der Waals surface area contributed by atoms with E-state index >= 15 is 0 Å². The molecule has 0 spiro atoms. The molecule has 2 aromatic heterocycles. The van der Waals surface area contributed by atoms with Crippen LogP contribution in [0.25, 0.3) is 10.6 Å². The van der Waals surface area contributed by atoms with Crippen molar-refractivity contribution >= 4 is 17.2 Å². The number of hydrogen-bond acceptors (Lipinski definition) is 6. The topological polar surface area (TPSA) is 81.9 Å². The molecular weight excluding hydrogens is 326 g/mol. The van der Waals surface area contributed by atoms with E-state index in [2.05, 4.69) is 20.5 Å². The minimum Gasteiger partial charge on any atom is -0.496 e. The Bertz CT molecular complexity index is 858. The van der Waals surface area contributed by atoms with Crippen LogP contribution in [0.5, 0.6) is 5.75 Å². The van der Waals surface area contributed by atoms with Crippen molar-refractivity contribution in [3.8, 4) is 16.3 Å². The molecule has 0 aliphatic heterocycles. The van der Waals surface area contributed by atoms with Crippen LogP contribution in [0.2, 0.25) is 0 Å². The third kappa shape index (κ3) is 3.13. The first-order valence-corrected chi connectivity index (χ1v) is 8.21. The number of amides is 1. The van der Waals surface area contributed by atoms with E-state index in [-0.39, 0.29) is 11.9 Å². The van der Waals surface area contributed by atoms with Crippen LogP contribution in [0.1, 0.15) is 29.3 Å². The first kappa shape index (κ1) is 16.1. The standard InChI is InChI=1S/C16H17N5O2S/c1-10(14-20-17-9-21(14)2)18-15(22)12-8-24-16(19-12)11-6-4-5-7-13(11)23-3/h4-10H,1-3H3,(H,18,22)/t10-/m0/s1. The van der Waals surface area contributed by atoms with Crippen molar-refractivity contribution in [3.63, 3.8) is 0 Å². The summed E-state index contributed by atoms with van der Waals surface area (Å²) in [6.45, 7) is 1.86. The first-order valence-electron chi connectivity index (χ1n) is 7.34. The third-order valence-corrected chi connectivity index (χ3v) is 4.43. The quantitative estimate of drug-likeness (QED) is 0.769. The van der Waals surface area contributed by atoms with Gasteiger partial charge in [0.1, 0.15) is 22.8 Å². The Kier molecular flexibility index (Phi) is 4.57. The normalized spacial score (nSPS) is 12.0. The molecule has 1 N–H and O–H groups in total. The number of benzene rings is 1. The second-order valence-electron chi connectivity index (χ2n) is 5.23. The fraction of sp³-hybridized carbons (Fsp3) is 0.250. The number of aryl methyl sites for hydroxylation is 1. The number of carbonyl (C=O) groups excluding carboxylic acids is 1. The van der Waals surface area contributed by atoms with Crippen LogP contribution in [0.3, 0.4) is 0 Å². The van der Waals surface area contributed by atoms with Gasteiger partial charge in [-0.3, -0.25) is 4.79 Å². The van der Waals surface area contributed by atoms with Gasteiger partial charge in [-0.05, 0) is 19.1 Å². The van der Waals surface area contributed by atoms with Crippen LogP contribution >= 0.6 is 11.3 Å². The fourth-order valence-electron chi connectivity index (χ4n) is 2.34. The lowest BCUT2D eigenvalue weighted by Crippen LogP contribution is -2.28. The molecule has 1 aromatic carbocycles. The smallest absolute Gasteiger partial charge is 0.271 e. The maximum Gasteiger partial charge on any atom is 0.271 e. The van der Waals surface area contributed by atoms with Gasteiger partial charge in [0.2, 0.25) is 0 Å². The molecule has 8 heteroatoms. The number of carbonyl (C=O) groups is 1. The maximum atomic E-state index is 12.4. The lowest BCUT2D eigenvalue weighted by molar-refractivity contribution is 0.0933. The summed E-state index contributed by atoms with van der Waals surface area (Å²) in [7, 11) is 3.45. The van der Waals surface area contributed by atoms with Crippen molar-refractivity contribution in [1.82, 2.24) is 25.1 Å². The molecule has 24 heavy (non-hydrogen) atoms. The number of ether oxygens (including phenoxy) is 1. The van der Waals surface area contributed by atoms with Crippen LogP contribution in [0.4, 0.5) is 0 Å². The molecule has 0 aliphatic carbocycles. The van der Waals surface area contributed by atoms with Crippen LogP contribution in [-0.2, 0) is 7.05 Å². The second-order valence-corrected chi connectivity index (χ2v) is 6.09. The van der Waals surface area contributed by atoms with Crippen LogP contribution < -0.4 is 10.1 Å². The van der Waals surface area contributed by atoms with Crippen LogP contribution in [0.15, 0.2) is 36.0 Å². The van der Waals surface area contributed by atoms with Gasteiger partial charge >= 0.3 is 0 Å². The molecule has 0 radical (unpaired) electrons. The minimum atomic E-state index is -0.263. The number of aromatic nitrogens is 4. The Labute approximate surface area is 143 Å². The highest BCUT2D eigenvalue weighted by atomic mass is 32.1. The Morgan fingerprint density at radius 2 is 2.17 bits per heavy atom. The molecule has 0 saturated heterocycles. The number of methoxy groups -OCH3 is 1. The number of thiazole rings is 1. The lowest BCUT2D eigenvalue weighted by atomic mass is 10.2. The highest BCUT2D eigenvalue weighted by Gasteiger charge is 2.18. The highest BCUT2D eigenvalue weighted by Crippen LogP contribution is 2.31. The summed E-state index contributed by atoms with van der Waals surface area (Å²) in [5, 5.41) is 13.2. The zero-order valence-electron chi connectivity index (χ0n) is 13.6. The second kappa shape index (κ2) is 6.79. The lowest BCUT2D eigenvalue weighted by Gasteiger charge is -2.11. The molecular formula is C16H17N5O2S. The molecule has 0 bridgehead atoms. The van der Waals surface area contributed by atoms with Crippen molar-refractivity contribution in [3.05, 3.63) is 47.5 Å². The molecule has 0 unspecified atom stereocenters. The van der Waals surface area contributed by atoms with E-state index < -0.39 is 0 Å². The largest absolute Gasteiger partial charge is 0.496 e. The van der Waals surface area contributed by atoms with E-state index in [1.165, 1.54) is 11.3 Å². The summed E-state index contributed by atoms with van der Waals surface area (Å²) in [6.07, 6.45) is 1.60. The van der Waals surface area contributed by atoms with Gasteiger partial charge < -0.3 is 14.6 Å². The summed E-state index contributed by atoms with van der Waals surface area (Å²) in [5.41, 5.74) is 1.24. The third-order valence-electron chi connectivity index (χ3n) is 3.56. The summed E-state index contributed by atoms with van der Waals surface area (Å²) < 4.78 is 7.11. The summed E-state index contributed by atoms with van der Waals surface area (Å²) in [4.78, 5) is 16.8. The summed E-state index contributed by atoms with van der Waals surface area (Å²) in [5.74, 6) is 1.16. The predicted octanol–water partition coefficient (Wildman–Crippen LogP) is 2.44. The Balaban J connectivity index is 1.78. The highest BCUT2D eigenvalue weighted by molar-refractivity contribution is 7.13. The van der Waals surface area contributed by atoms with Crippen molar-refractivity contribution in [1.29, 1.82) is 0 Å². The van der Waals surface area contributed by atoms with Gasteiger partial charge in [-0.2, -0.15) is 0 Å². The monoisotopic (exact) mass is 343 g/mol. The van der Waals surface area contributed by atoms with Gasteiger partial charge in [0, 0.05) is 12.4 Å². The zero-order valence-corrected chi connectivity index (χ0v) is 14.4. The molecule has 0 saturated carbocycles. The fourth-order valence-corrected chi connectivity index (χ4v) is 3.17. The average molecular weight is 343 g/mol. The number of hydrogen-bond donors (Lipinski definition) is 1. The maximum absolute atomic E-state index is 12.4. The Morgan fingerprint density at radius 1 is 1.38 bits per heavy atom. The van der Waals surface area contributed by atoms with Crippen molar-refractivity contribution in [2.75, 3.05) is 7.11 Å². The average Bonchev–Trinajstić information content (AvgIpc) is 3.23. The van der Waals surface area contributed by atoms with Gasteiger partial charge in [0.15, 0.2) is 5.82 Å². The number of nitrogens with one attached hydrogen (secondary N) is 1. The molecule has 124 valence electrons. The van der Waals surface area contributed by atoms with E-state index in [1.54, 1.807) is 23.4 Å². The molecule has 2 heterocycles. The molecule has 1 amide bonds. The van der Waals surface area contributed by atoms with E-state index in [0.29, 0.717) is 11.5 Å². The van der Waals surface area contributed by atoms with Crippen molar-refractivity contribution in [2.24, 2.45) is 7.05 Å². The Morgan fingerprint density at radius 3 is 2.88 bits per heavy atom. The predicted molar refractivity (Wildman–Crippen MR) is 91.0 cm³/mol. The molecule has 7 nitrogen and oxygen atoms in total. The summed E-state index contributed by atoms with van der Waals surface area (Å²) in [6, 6.07) is 7.33. The van der Waals surface area contributed by atoms with E-state index in [1.807, 2.05) is 38.2 Å². The molecule has 3 aromatic rings. The molecule has 0 fully saturated rings. The summed E-state index contributed by atoms with van der Waals surface area (Å²) >= 11 is 1.40. The minimum absolute atomic E-state index is 0.247. The van der Waals surface area contributed by atoms with E-state index in [4.69, 9.17) is 4.74 Å².